The number of nitrogens with one attached hydrogen (secondary N) is 1. The second-order valence-corrected chi connectivity index (χ2v) is 8.11. The van der Waals surface area contributed by atoms with E-state index in [2.05, 4.69) is 46.1 Å². The Morgan fingerprint density at radius 2 is 2.20 bits per heavy atom. The number of anilines is 1. The predicted octanol–water partition coefficient (Wildman–Crippen LogP) is 3.29. The number of aromatic amines is 1. The minimum absolute atomic E-state index is 0.266. The van der Waals surface area contributed by atoms with Crippen LogP contribution in [0.3, 0.4) is 0 Å². The number of carbonyl (C=O) groups is 1. The fourth-order valence-electron chi connectivity index (χ4n) is 4.33. The molecule has 7 nitrogen and oxygen atoms in total. The Kier molecular flexibility index (Phi) is 4.55. The number of nitrogens with two attached hydrogens (primary N) is 1. The van der Waals surface area contributed by atoms with Crippen molar-refractivity contribution in [3.8, 4) is 0 Å². The van der Waals surface area contributed by atoms with Crippen molar-refractivity contribution in [2.75, 3.05) is 25.1 Å². The molecule has 0 radical (unpaired) electrons. The third-order valence-corrected chi connectivity index (χ3v) is 6.09. The molecule has 0 saturated carbocycles. The average molecular weight is 403 g/mol. The molecule has 0 bridgehead atoms. The molecule has 2 aromatic heterocycles. The maximum atomic E-state index is 12.2. The SMILES string of the molecule is CO[C@H]1CCN(c2ccc3c(c2)[nH]c2c(C(N)=O)cc(C4=CCC(C)N=C4)nc23)C1. The summed E-state index contributed by atoms with van der Waals surface area (Å²) >= 11 is 0. The number of aromatic nitrogens is 2. The van der Waals surface area contributed by atoms with Gasteiger partial charge in [-0.15, -0.1) is 0 Å². The molecule has 7 heteroatoms. The highest BCUT2D eigenvalue weighted by Gasteiger charge is 2.23. The smallest absolute Gasteiger partial charge is 0.250 e. The van der Waals surface area contributed by atoms with Crippen molar-refractivity contribution < 1.29 is 9.53 Å². The van der Waals surface area contributed by atoms with Crippen LogP contribution in [0.4, 0.5) is 5.69 Å². The van der Waals surface area contributed by atoms with E-state index in [1.807, 2.05) is 6.21 Å². The minimum atomic E-state index is -0.473. The van der Waals surface area contributed by atoms with Crippen molar-refractivity contribution in [2.24, 2.45) is 10.7 Å². The fraction of sp³-hybridized carbons (Fsp3) is 0.348. The van der Waals surface area contributed by atoms with E-state index in [1.54, 1.807) is 13.2 Å². The average Bonchev–Trinajstić information content (AvgIpc) is 3.37. The van der Waals surface area contributed by atoms with Gasteiger partial charge in [0.25, 0.3) is 5.91 Å². The molecular weight excluding hydrogens is 378 g/mol. The third kappa shape index (κ3) is 3.15. The molecule has 0 aliphatic carbocycles. The number of benzene rings is 1. The molecule has 5 rings (SSSR count). The van der Waals surface area contributed by atoms with Gasteiger partial charge in [0.2, 0.25) is 0 Å². The van der Waals surface area contributed by atoms with Gasteiger partial charge in [-0.1, -0.05) is 6.08 Å². The molecule has 3 N–H and O–H groups in total. The summed E-state index contributed by atoms with van der Waals surface area (Å²) in [5.74, 6) is -0.473. The van der Waals surface area contributed by atoms with Crippen LogP contribution in [0.15, 0.2) is 35.3 Å². The number of amides is 1. The van der Waals surface area contributed by atoms with Crippen LogP contribution < -0.4 is 10.6 Å². The van der Waals surface area contributed by atoms with Gasteiger partial charge in [0.15, 0.2) is 0 Å². The van der Waals surface area contributed by atoms with Crippen LogP contribution >= 0.6 is 0 Å². The Balaban J connectivity index is 1.63. The molecule has 2 atom stereocenters. The van der Waals surface area contributed by atoms with Crippen molar-refractivity contribution >= 4 is 45.3 Å². The maximum Gasteiger partial charge on any atom is 0.250 e. The molecule has 2 aliphatic heterocycles. The third-order valence-electron chi connectivity index (χ3n) is 6.09. The number of nitrogens with zero attached hydrogens (tertiary/aromatic N) is 3. The normalized spacial score (nSPS) is 21.5. The molecule has 2 aliphatic rings. The van der Waals surface area contributed by atoms with Gasteiger partial charge in [-0.25, -0.2) is 4.98 Å². The number of fused-ring (bicyclic) bond motifs is 3. The quantitative estimate of drug-likeness (QED) is 0.699. The lowest BCUT2D eigenvalue weighted by molar-refractivity contribution is 0.100. The fourth-order valence-corrected chi connectivity index (χ4v) is 4.33. The molecule has 1 fully saturated rings. The van der Waals surface area contributed by atoms with Crippen LogP contribution in [0, 0.1) is 0 Å². The van der Waals surface area contributed by atoms with Crippen LogP contribution in [-0.2, 0) is 4.74 Å². The standard InChI is InChI=1S/C23H25N5O2/c1-13-3-4-14(11-25-13)19-10-18(23(24)29)22-21(26-19)17-6-5-15(9-20(17)27-22)28-8-7-16(12-28)30-2/h4-6,9-11,13,16,27H,3,7-8,12H2,1-2H3,(H2,24,29)/t13?,16-/m0/s1. The molecule has 4 heterocycles. The van der Waals surface area contributed by atoms with Crippen molar-refractivity contribution in [1.82, 2.24) is 9.97 Å². The van der Waals surface area contributed by atoms with E-state index in [4.69, 9.17) is 15.5 Å². The molecule has 3 aromatic rings. The summed E-state index contributed by atoms with van der Waals surface area (Å²) in [6.45, 7) is 3.91. The number of ether oxygens (including phenoxy) is 1. The number of hydrogen-bond donors (Lipinski definition) is 2. The van der Waals surface area contributed by atoms with Crippen LogP contribution in [0.2, 0.25) is 0 Å². The number of dihydropyridines is 1. The van der Waals surface area contributed by atoms with Gasteiger partial charge in [0, 0.05) is 43.1 Å². The Bertz CT molecular complexity index is 1210. The van der Waals surface area contributed by atoms with E-state index in [1.165, 1.54) is 0 Å². The van der Waals surface area contributed by atoms with Gasteiger partial charge < -0.3 is 20.4 Å². The molecule has 1 amide bonds. The van der Waals surface area contributed by atoms with Gasteiger partial charge in [-0.3, -0.25) is 9.79 Å². The first kappa shape index (κ1) is 18.8. The molecule has 0 spiro atoms. The zero-order valence-corrected chi connectivity index (χ0v) is 17.2. The Morgan fingerprint density at radius 1 is 1.33 bits per heavy atom. The Labute approximate surface area is 174 Å². The van der Waals surface area contributed by atoms with Crippen molar-refractivity contribution in [1.29, 1.82) is 0 Å². The highest BCUT2D eigenvalue weighted by atomic mass is 16.5. The molecular formula is C23H25N5O2. The number of carbonyl (C=O) groups excluding carboxylic acids is 1. The number of allylic oxidation sites excluding steroid dienone is 1. The largest absolute Gasteiger partial charge is 0.380 e. The molecule has 1 unspecified atom stereocenters. The monoisotopic (exact) mass is 403 g/mol. The first-order chi connectivity index (χ1) is 14.5. The number of hydrogen-bond acceptors (Lipinski definition) is 5. The summed E-state index contributed by atoms with van der Waals surface area (Å²) < 4.78 is 5.49. The highest BCUT2D eigenvalue weighted by Crippen LogP contribution is 2.32. The number of aliphatic imine (C=N–C) groups is 1. The summed E-state index contributed by atoms with van der Waals surface area (Å²) in [7, 11) is 1.76. The second kappa shape index (κ2) is 7.25. The van der Waals surface area contributed by atoms with E-state index < -0.39 is 5.91 Å². The maximum absolute atomic E-state index is 12.2. The van der Waals surface area contributed by atoms with Crippen LogP contribution in [0.1, 0.15) is 35.8 Å². The van der Waals surface area contributed by atoms with Gasteiger partial charge in [-0.2, -0.15) is 0 Å². The van der Waals surface area contributed by atoms with Gasteiger partial charge in [0.1, 0.15) is 0 Å². The number of pyridine rings is 1. The molecule has 1 aromatic carbocycles. The Morgan fingerprint density at radius 3 is 2.90 bits per heavy atom. The summed E-state index contributed by atoms with van der Waals surface area (Å²) in [5.41, 5.74) is 11.3. The zero-order chi connectivity index (χ0) is 20.8. The summed E-state index contributed by atoms with van der Waals surface area (Å²) in [6.07, 6.45) is 6.09. The first-order valence-corrected chi connectivity index (χ1v) is 10.3. The van der Waals surface area contributed by atoms with Gasteiger partial charge >= 0.3 is 0 Å². The van der Waals surface area contributed by atoms with Crippen molar-refractivity contribution in [2.45, 2.75) is 31.9 Å². The second-order valence-electron chi connectivity index (χ2n) is 8.11. The summed E-state index contributed by atoms with van der Waals surface area (Å²) in [4.78, 5) is 27.3. The van der Waals surface area contributed by atoms with Gasteiger partial charge in [0.05, 0.1) is 40.0 Å². The minimum Gasteiger partial charge on any atom is -0.380 e. The first-order valence-electron chi connectivity index (χ1n) is 10.3. The van der Waals surface area contributed by atoms with Crippen LogP contribution in [-0.4, -0.2) is 54.4 Å². The van der Waals surface area contributed by atoms with E-state index in [0.29, 0.717) is 11.1 Å². The number of methoxy groups -OCH3 is 1. The van der Waals surface area contributed by atoms with E-state index in [0.717, 1.165) is 59.3 Å². The molecule has 30 heavy (non-hydrogen) atoms. The van der Waals surface area contributed by atoms with E-state index >= 15 is 0 Å². The van der Waals surface area contributed by atoms with Crippen LogP contribution in [0.25, 0.3) is 27.5 Å². The molecule has 1 saturated heterocycles. The van der Waals surface area contributed by atoms with Gasteiger partial charge in [-0.05, 0) is 44.0 Å². The number of H-pyrrole nitrogens is 1. The lowest BCUT2D eigenvalue weighted by Crippen LogP contribution is -2.21. The van der Waals surface area contributed by atoms with E-state index in [-0.39, 0.29) is 12.1 Å². The van der Waals surface area contributed by atoms with Crippen molar-refractivity contribution in [3.05, 3.63) is 41.6 Å². The lowest BCUT2D eigenvalue weighted by Gasteiger charge is -2.18. The lowest BCUT2D eigenvalue weighted by atomic mass is 10.0. The molecule has 154 valence electrons. The van der Waals surface area contributed by atoms with E-state index in [9.17, 15) is 4.79 Å². The van der Waals surface area contributed by atoms with Crippen molar-refractivity contribution in [3.63, 3.8) is 0 Å². The number of primary amides is 1. The Hall–Kier alpha value is -3.19. The summed E-state index contributed by atoms with van der Waals surface area (Å²) in [5, 5.41) is 0.974. The summed E-state index contributed by atoms with van der Waals surface area (Å²) in [6, 6.07) is 8.31. The topological polar surface area (TPSA) is 96.6 Å². The predicted molar refractivity (Wildman–Crippen MR) is 120 cm³/mol. The number of rotatable bonds is 4. The highest BCUT2D eigenvalue weighted by molar-refractivity contribution is 6.16. The van der Waals surface area contributed by atoms with Crippen LogP contribution in [0.5, 0.6) is 0 Å². The zero-order valence-electron chi connectivity index (χ0n) is 17.2.